The average Bonchev–Trinajstić information content (AvgIpc) is 2.95. The Morgan fingerprint density at radius 1 is 1.69 bits per heavy atom. The minimum absolute atomic E-state index is 0.150. The number of aromatic nitrogens is 3. The van der Waals surface area contributed by atoms with Crippen LogP contribution in [0.1, 0.15) is 36.3 Å². The highest BCUT2D eigenvalue weighted by Crippen LogP contribution is 2.20. The minimum atomic E-state index is 0.150. The van der Waals surface area contributed by atoms with Gasteiger partial charge in [0, 0.05) is 19.5 Å². The van der Waals surface area contributed by atoms with Crippen molar-refractivity contribution in [2.24, 2.45) is 0 Å². The van der Waals surface area contributed by atoms with Crippen LogP contribution in [0.3, 0.4) is 0 Å². The van der Waals surface area contributed by atoms with Crippen LogP contribution in [0.25, 0.3) is 0 Å². The molecule has 1 unspecified atom stereocenters. The summed E-state index contributed by atoms with van der Waals surface area (Å²) in [5.74, 6) is 0.165. The van der Waals surface area contributed by atoms with Gasteiger partial charge in [0.2, 0.25) is 5.91 Å². The van der Waals surface area contributed by atoms with Crippen molar-refractivity contribution in [2.45, 2.75) is 25.8 Å². The Morgan fingerprint density at radius 3 is 3.12 bits per heavy atom. The lowest BCUT2D eigenvalue weighted by Crippen LogP contribution is -2.28. The van der Waals surface area contributed by atoms with Crippen LogP contribution in [0, 0.1) is 0 Å². The van der Waals surface area contributed by atoms with Crippen LogP contribution in [0.4, 0.5) is 0 Å². The Kier molecular flexibility index (Phi) is 2.98. The van der Waals surface area contributed by atoms with E-state index in [9.17, 15) is 9.59 Å². The molecule has 0 aromatic carbocycles. The van der Waals surface area contributed by atoms with Crippen LogP contribution in [-0.4, -0.2) is 45.2 Å². The summed E-state index contributed by atoms with van der Waals surface area (Å²) in [6.07, 6.45) is 3.70. The number of nitrogens with zero attached hydrogens (tertiary/aromatic N) is 4. The van der Waals surface area contributed by atoms with Crippen LogP contribution in [0.2, 0.25) is 0 Å². The lowest BCUT2D eigenvalue weighted by atomic mass is 10.3. The van der Waals surface area contributed by atoms with Crippen LogP contribution in [0.5, 0.6) is 0 Å². The highest BCUT2D eigenvalue weighted by Gasteiger charge is 2.27. The summed E-state index contributed by atoms with van der Waals surface area (Å²) >= 11 is 0. The lowest BCUT2D eigenvalue weighted by Gasteiger charge is -2.15. The average molecular weight is 222 g/mol. The standard InChI is InChI=1S/C10H14N4O2/c1-2-10(16)13-4-3-9(6-13)14-5-8(7-15)11-12-14/h5,7,9H,2-4,6H2,1H3. The first-order valence-electron chi connectivity index (χ1n) is 5.39. The zero-order valence-corrected chi connectivity index (χ0v) is 9.17. The summed E-state index contributed by atoms with van der Waals surface area (Å²) < 4.78 is 1.67. The summed E-state index contributed by atoms with van der Waals surface area (Å²) in [7, 11) is 0. The van der Waals surface area contributed by atoms with Gasteiger partial charge >= 0.3 is 0 Å². The van der Waals surface area contributed by atoms with Crippen LogP contribution in [0.15, 0.2) is 6.20 Å². The number of likely N-dealkylation sites (tertiary alicyclic amines) is 1. The Labute approximate surface area is 93.2 Å². The highest BCUT2D eigenvalue weighted by atomic mass is 16.2. The molecule has 0 N–H and O–H groups in total. The van der Waals surface area contributed by atoms with Crippen LogP contribution < -0.4 is 0 Å². The van der Waals surface area contributed by atoms with Crippen molar-refractivity contribution in [3.8, 4) is 0 Å². The van der Waals surface area contributed by atoms with Gasteiger partial charge in [-0.3, -0.25) is 9.59 Å². The Balaban J connectivity index is 2.03. The first-order chi connectivity index (χ1) is 7.74. The van der Waals surface area contributed by atoms with E-state index in [1.54, 1.807) is 10.9 Å². The molecular weight excluding hydrogens is 208 g/mol. The van der Waals surface area contributed by atoms with Crippen LogP contribution in [-0.2, 0) is 4.79 Å². The second kappa shape index (κ2) is 4.42. The fourth-order valence-corrected chi connectivity index (χ4v) is 1.93. The molecule has 0 bridgehead atoms. The summed E-state index contributed by atoms with van der Waals surface area (Å²) in [6.45, 7) is 3.28. The van der Waals surface area contributed by atoms with E-state index in [1.807, 2.05) is 11.8 Å². The summed E-state index contributed by atoms with van der Waals surface area (Å²) in [6, 6.07) is 0.150. The normalized spacial score (nSPS) is 20.1. The fourth-order valence-electron chi connectivity index (χ4n) is 1.93. The van der Waals surface area contributed by atoms with Crippen molar-refractivity contribution < 1.29 is 9.59 Å². The van der Waals surface area contributed by atoms with Crippen molar-refractivity contribution in [3.05, 3.63) is 11.9 Å². The maximum Gasteiger partial charge on any atom is 0.222 e. The lowest BCUT2D eigenvalue weighted by molar-refractivity contribution is -0.129. The number of aldehydes is 1. The topological polar surface area (TPSA) is 68.1 Å². The van der Waals surface area contributed by atoms with E-state index in [0.29, 0.717) is 24.9 Å². The Bertz CT molecular complexity index is 401. The maximum atomic E-state index is 11.5. The van der Waals surface area contributed by atoms with E-state index in [1.165, 1.54) is 0 Å². The molecule has 1 aliphatic heterocycles. The van der Waals surface area contributed by atoms with Gasteiger partial charge in [-0.2, -0.15) is 0 Å². The van der Waals surface area contributed by atoms with Gasteiger partial charge in [0.05, 0.1) is 12.2 Å². The second-order valence-corrected chi connectivity index (χ2v) is 3.88. The molecule has 2 heterocycles. The van der Waals surface area contributed by atoms with Crippen molar-refractivity contribution in [3.63, 3.8) is 0 Å². The molecule has 1 saturated heterocycles. The summed E-state index contributed by atoms with van der Waals surface area (Å²) in [4.78, 5) is 23.8. The van der Waals surface area contributed by atoms with Crippen molar-refractivity contribution in [2.75, 3.05) is 13.1 Å². The third kappa shape index (κ3) is 1.95. The number of hydrogen-bond donors (Lipinski definition) is 0. The van der Waals surface area contributed by atoms with Gasteiger partial charge in [-0.25, -0.2) is 4.68 Å². The number of rotatable bonds is 3. The van der Waals surface area contributed by atoms with E-state index >= 15 is 0 Å². The predicted octanol–water partition coefficient (Wildman–Crippen LogP) is 0.274. The van der Waals surface area contributed by atoms with Gasteiger partial charge in [-0.1, -0.05) is 12.1 Å². The first-order valence-corrected chi connectivity index (χ1v) is 5.39. The van der Waals surface area contributed by atoms with Crippen LogP contribution >= 0.6 is 0 Å². The largest absolute Gasteiger partial charge is 0.340 e. The van der Waals surface area contributed by atoms with Crippen molar-refractivity contribution in [1.29, 1.82) is 0 Å². The molecule has 1 amide bonds. The summed E-state index contributed by atoms with van der Waals surface area (Å²) in [5, 5.41) is 7.60. The number of carbonyl (C=O) groups excluding carboxylic acids is 2. The Morgan fingerprint density at radius 2 is 2.50 bits per heavy atom. The molecule has 0 radical (unpaired) electrons. The highest BCUT2D eigenvalue weighted by molar-refractivity contribution is 5.76. The molecule has 1 atom stereocenters. The number of hydrogen-bond acceptors (Lipinski definition) is 4. The summed E-state index contributed by atoms with van der Waals surface area (Å²) in [5.41, 5.74) is 0.334. The Hall–Kier alpha value is -1.72. The number of carbonyl (C=O) groups is 2. The molecule has 6 nitrogen and oxygen atoms in total. The molecule has 1 aliphatic rings. The zero-order chi connectivity index (χ0) is 11.5. The quantitative estimate of drug-likeness (QED) is 0.688. The molecule has 6 heteroatoms. The van der Waals surface area contributed by atoms with Gasteiger partial charge in [0.15, 0.2) is 6.29 Å². The molecule has 0 aliphatic carbocycles. The molecule has 1 aromatic rings. The monoisotopic (exact) mass is 222 g/mol. The van der Waals surface area contributed by atoms with Gasteiger partial charge in [-0.05, 0) is 6.42 Å². The fraction of sp³-hybridized carbons (Fsp3) is 0.600. The molecule has 0 saturated carbocycles. The van der Waals surface area contributed by atoms with E-state index < -0.39 is 0 Å². The molecule has 1 aromatic heterocycles. The zero-order valence-electron chi connectivity index (χ0n) is 9.17. The smallest absolute Gasteiger partial charge is 0.222 e. The molecule has 0 spiro atoms. The van der Waals surface area contributed by atoms with E-state index in [4.69, 9.17) is 0 Å². The van der Waals surface area contributed by atoms with Gasteiger partial charge < -0.3 is 4.90 Å². The van der Waals surface area contributed by atoms with Crippen molar-refractivity contribution in [1.82, 2.24) is 19.9 Å². The third-order valence-corrected chi connectivity index (χ3v) is 2.84. The van der Waals surface area contributed by atoms with E-state index in [0.717, 1.165) is 13.0 Å². The molecule has 86 valence electrons. The third-order valence-electron chi connectivity index (χ3n) is 2.84. The van der Waals surface area contributed by atoms with E-state index in [-0.39, 0.29) is 11.9 Å². The van der Waals surface area contributed by atoms with Gasteiger partial charge in [0.25, 0.3) is 0 Å². The first kappa shape index (κ1) is 10.8. The second-order valence-electron chi connectivity index (χ2n) is 3.88. The van der Waals surface area contributed by atoms with Gasteiger partial charge in [-0.15, -0.1) is 5.10 Å². The molecular formula is C10H14N4O2. The van der Waals surface area contributed by atoms with E-state index in [2.05, 4.69) is 10.3 Å². The molecule has 16 heavy (non-hydrogen) atoms. The molecule has 2 rings (SSSR count). The predicted molar refractivity (Wildman–Crippen MR) is 55.9 cm³/mol. The van der Waals surface area contributed by atoms with Gasteiger partial charge in [0.1, 0.15) is 5.69 Å². The van der Waals surface area contributed by atoms with Crippen molar-refractivity contribution >= 4 is 12.2 Å². The minimum Gasteiger partial charge on any atom is -0.340 e. The maximum absolute atomic E-state index is 11.5. The SMILES string of the molecule is CCC(=O)N1CCC(n2cc(C=O)nn2)C1. The molecule has 1 fully saturated rings. The number of amides is 1.